The Morgan fingerprint density at radius 2 is 1.97 bits per heavy atom. The second kappa shape index (κ2) is 9.43. The van der Waals surface area contributed by atoms with E-state index in [2.05, 4.69) is 31.8 Å². The van der Waals surface area contributed by atoms with Gasteiger partial charge in [0, 0.05) is 23.5 Å². The van der Waals surface area contributed by atoms with Crippen molar-refractivity contribution in [2.24, 2.45) is 0 Å². The molecule has 1 atom stereocenters. The first kappa shape index (κ1) is 22.0. The summed E-state index contributed by atoms with van der Waals surface area (Å²) in [6.07, 6.45) is 12.1. The Morgan fingerprint density at radius 1 is 1.23 bits per heavy atom. The van der Waals surface area contributed by atoms with E-state index < -0.39 is 5.63 Å². The second-order valence-electron chi connectivity index (χ2n) is 8.57. The Hall–Kier alpha value is -2.66. The van der Waals surface area contributed by atoms with Gasteiger partial charge in [0.25, 0.3) is 0 Å². The smallest absolute Gasteiger partial charge is 0.339 e. The fourth-order valence-electron chi connectivity index (χ4n) is 3.46. The van der Waals surface area contributed by atoms with E-state index in [0.29, 0.717) is 11.7 Å². The van der Waals surface area contributed by atoms with E-state index in [1.54, 1.807) is 24.5 Å². The zero-order valence-electron chi connectivity index (χ0n) is 18.2. The standard InChI is InChI=1S/C25H31NO4/c1-17(7-5-8-18(2)11-13-23-25(3,4)30-23)10-12-20-21(27)15-22(29-24(20)28)19-9-6-14-26-16-19/h6,8-10,14-16,23,27H,5,7,11-13H2,1-4H3/p-1/b17-10+,18-8+/t23-/m0/s1. The minimum Gasteiger partial charge on any atom is -0.872 e. The molecule has 1 saturated heterocycles. The maximum absolute atomic E-state index is 12.4. The van der Waals surface area contributed by atoms with Crippen molar-refractivity contribution in [2.75, 3.05) is 0 Å². The topological polar surface area (TPSA) is 78.7 Å². The Bertz CT molecular complexity index is 986. The van der Waals surface area contributed by atoms with Gasteiger partial charge in [-0.1, -0.05) is 29.0 Å². The molecule has 0 unspecified atom stereocenters. The van der Waals surface area contributed by atoms with Crippen LogP contribution in [-0.4, -0.2) is 16.7 Å². The van der Waals surface area contributed by atoms with Crippen LogP contribution in [0.5, 0.6) is 5.75 Å². The van der Waals surface area contributed by atoms with Gasteiger partial charge in [0.2, 0.25) is 0 Å². The Morgan fingerprint density at radius 3 is 2.60 bits per heavy atom. The first-order valence-corrected chi connectivity index (χ1v) is 10.5. The van der Waals surface area contributed by atoms with Gasteiger partial charge in [-0.3, -0.25) is 4.98 Å². The predicted molar refractivity (Wildman–Crippen MR) is 116 cm³/mol. The summed E-state index contributed by atoms with van der Waals surface area (Å²) in [5, 5.41) is 12.4. The van der Waals surface area contributed by atoms with Crippen LogP contribution in [0.3, 0.4) is 0 Å². The maximum atomic E-state index is 12.4. The number of aromatic nitrogens is 1. The predicted octanol–water partition coefficient (Wildman–Crippen LogP) is 4.95. The number of ether oxygens (including phenoxy) is 1. The molecule has 5 nitrogen and oxygen atoms in total. The number of pyridine rings is 1. The third kappa shape index (κ3) is 5.92. The van der Waals surface area contributed by atoms with Crippen molar-refractivity contribution in [3.05, 3.63) is 69.9 Å². The van der Waals surface area contributed by atoms with Crippen LogP contribution >= 0.6 is 0 Å². The molecule has 160 valence electrons. The summed E-state index contributed by atoms with van der Waals surface area (Å²) in [5.41, 5.74) is 2.79. The molecule has 2 aromatic heterocycles. The molecular weight excluding hydrogens is 378 g/mol. The SMILES string of the molecule is C/C(=C\Cc1c([O-])cc(-c2cccnc2)oc1=O)CC/C=C(\C)CC[C@@H]1OC1(C)C. The average Bonchev–Trinajstić information content (AvgIpc) is 3.32. The van der Waals surface area contributed by atoms with Crippen molar-refractivity contribution in [1.82, 2.24) is 4.98 Å². The fraction of sp³-hybridized carbons (Fsp3) is 0.440. The van der Waals surface area contributed by atoms with E-state index in [0.717, 1.165) is 31.3 Å². The lowest BCUT2D eigenvalue weighted by molar-refractivity contribution is -0.269. The van der Waals surface area contributed by atoms with Gasteiger partial charge >= 0.3 is 5.63 Å². The highest BCUT2D eigenvalue weighted by atomic mass is 16.6. The highest BCUT2D eigenvalue weighted by molar-refractivity contribution is 5.57. The molecule has 0 bridgehead atoms. The molecule has 1 fully saturated rings. The van der Waals surface area contributed by atoms with Crippen LogP contribution < -0.4 is 10.7 Å². The van der Waals surface area contributed by atoms with E-state index in [1.807, 2.05) is 13.0 Å². The molecular formula is C25H30NO4-. The highest BCUT2D eigenvalue weighted by Crippen LogP contribution is 2.38. The molecule has 0 N–H and O–H groups in total. The summed E-state index contributed by atoms with van der Waals surface area (Å²) in [7, 11) is 0. The van der Waals surface area contributed by atoms with Crippen molar-refractivity contribution in [3.63, 3.8) is 0 Å². The fourth-order valence-corrected chi connectivity index (χ4v) is 3.46. The molecule has 2 aromatic rings. The van der Waals surface area contributed by atoms with Crippen molar-refractivity contribution in [1.29, 1.82) is 0 Å². The van der Waals surface area contributed by atoms with Crippen LogP contribution in [0, 0.1) is 0 Å². The summed E-state index contributed by atoms with van der Waals surface area (Å²) in [6.45, 7) is 8.45. The summed E-state index contributed by atoms with van der Waals surface area (Å²) >= 11 is 0. The van der Waals surface area contributed by atoms with E-state index in [4.69, 9.17) is 9.15 Å². The minimum atomic E-state index is -0.577. The molecule has 5 heteroatoms. The van der Waals surface area contributed by atoms with Gasteiger partial charge in [0.15, 0.2) is 0 Å². The number of hydrogen-bond acceptors (Lipinski definition) is 5. The van der Waals surface area contributed by atoms with Gasteiger partial charge in [0.1, 0.15) is 5.76 Å². The zero-order valence-corrected chi connectivity index (χ0v) is 18.2. The van der Waals surface area contributed by atoms with Gasteiger partial charge < -0.3 is 14.3 Å². The lowest BCUT2D eigenvalue weighted by atomic mass is 10.0. The van der Waals surface area contributed by atoms with E-state index in [9.17, 15) is 9.90 Å². The minimum absolute atomic E-state index is 0.0584. The Kier molecular flexibility index (Phi) is 6.93. The number of nitrogens with zero attached hydrogens (tertiary/aromatic N) is 1. The van der Waals surface area contributed by atoms with Gasteiger partial charge in [-0.15, -0.1) is 0 Å². The van der Waals surface area contributed by atoms with E-state index in [1.165, 1.54) is 11.6 Å². The molecule has 3 rings (SSSR count). The van der Waals surface area contributed by atoms with Gasteiger partial charge in [0.05, 0.1) is 11.7 Å². The van der Waals surface area contributed by atoms with Crippen molar-refractivity contribution in [2.45, 2.75) is 71.5 Å². The van der Waals surface area contributed by atoms with E-state index >= 15 is 0 Å². The molecule has 0 aliphatic carbocycles. The summed E-state index contributed by atoms with van der Waals surface area (Å²) < 4.78 is 11.0. The summed E-state index contributed by atoms with van der Waals surface area (Å²) in [4.78, 5) is 16.3. The van der Waals surface area contributed by atoms with Crippen molar-refractivity contribution >= 4 is 0 Å². The zero-order chi connectivity index (χ0) is 21.7. The van der Waals surface area contributed by atoms with Crippen molar-refractivity contribution in [3.8, 4) is 17.1 Å². The lowest BCUT2D eigenvalue weighted by Crippen LogP contribution is -2.12. The number of allylic oxidation sites excluding steroid dienone is 4. The van der Waals surface area contributed by atoms with Crippen LogP contribution in [-0.2, 0) is 11.2 Å². The molecule has 30 heavy (non-hydrogen) atoms. The largest absolute Gasteiger partial charge is 0.872 e. The van der Waals surface area contributed by atoms with Crippen LogP contribution in [0.4, 0.5) is 0 Å². The highest BCUT2D eigenvalue weighted by Gasteiger charge is 2.46. The quantitative estimate of drug-likeness (QED) is 0.433. The molecule has 0 amide bonds. The monoisotopic (exact) mass is 408 g/mol. The van der Waals surface area contributed by atoms with Crippen LogP contribution in [0.15, 0.2) is 63.1 Å². The Balaban J connectivity index is 1.52. The Labute approximate surface area is 178 Å². The van der Waals surface area contributed by atoms with Crippen LogP contribution in [0.1, 0.15) is 58.9 Å². The molecule has 0 radical (unpaired) electrons. The van der Waals surface area contributed by atoms with Crippen molar-refractivity contribution < 1.29 is 14.3 Å². The number of hydrogen-bond donors (Lipinski definition) is 0. The normalized spacial score (nSPS) is 18.5. The third-order valence-electron chi connectivity index (χ3n) is 5.61. The molecule has 0 aromatic carbocycles. The molecule has 1 aliphatic rings. The summed E-state index contributed by atoms with van der Waals surface area (Å²) in [5.74, 6) is -0.0433. The van der Waals surface area contributed by atoms with Gasteiger partial charge in [-0.2, -0.15) is 0 Å². The molecule has 3 heterocycles. The first-order valence-electron chi connectivity index (χ1n) is 10.5. The molecule has 0 saturated carbocycles. The summed E-state index contributed by atoms with van der Waals surface area (Å²) in [6, 6.07) is 4.85. The number of epoxide rings is 1. The van der Waals surface area contributed by atoms with Crippen LogP contribution in [0.2, 0.25) is 0 Å². The second-order valence-corrected chi connectivity index (χ2v) is 8.57. The van der Waals surface area contributed by atoms with E-state index in [-0.39, 0.29) is 29.1 Å². The average molecular weight is 409 g/mol. The van der Waals surface area contributed by atoms with Crippen LogP contribution in [0.25, 0.3) is 11.3 Å². The third-order valence-corrected chi connectivity index (χ3v) is 5.61. The number of rotatable bonds is 9. The molecule has 1 aliphatic heterocycles. The molecule has 0 spiro atoms. The van der Waals surface area contributed by atoms with Gasteiger partial charge in [-0.05, 0) is 78.0 Å². The lowest BCUT2D eigenvalue weighted by Gasteiger charge is -2.12. The maximum Gasteiger partial charge on any atom is 0.339 e. The first-order chi connectivity index (χ1) is 14.3. The van der Waals surface area contributed by atoms with Gasteiger partial charge in [-0.25, -0.2) is 4.79 Å².